The number of aromatic hydroxyl groups is 1. The van der Waals surface area contributed by atoms with Gasteiger partial charge in [-0.2, -0.15) is 0 Å². The molecule has 112 valence electrons. The summed E-state index contributed by atoms with van der Waals surface area (Å²) in [6.45, 7) is 0. The van der Waals surface area contributed by atoms with E-state index in [1.807, 2.05) is 12.1 Å². The van der Waals surface area contributed by atoms with Crippen LogP contribution in [0.15, 0.2) is 67.0 Å². The number of hydrogen-bond donors (Lipinski definition) is 2. The maximum Gasteiger partial charge on any atom is 0.337 e. The Hall–Kier alpha value is -3.45. The van der Waals surface area contributed by atoms with Gasteiger partial charge >= 0.3 is 5.97 Å². The second-order valence-corrected chi connectivity index (χ2v) is 4.90. The Morgan fingerprint density at radius 1 is 0.957 bits per heavy atom. The molecule has 2 aromatic carbocycles. The van der Waals surface area contributed by atoms with Crippen molar-refractivity contribution in [2.24, 2.45) is 0 Å². The minimum atomic E-state index is -1.00. The predicted molar refractivity (Wildman–Crippen MR) is 86.8 cm³/mol. The van der Waals surface area contributed by atoms with Gasteiger partial charge in [0, 0.05) is 23.5 Å². The maximum absolute atomic E-state index is 11.5. The molecule has 4 nitrogen and oxygen atoms in total. The third kappa shape index (κ3) is 3.09. The van der Waals surface area contributed by atoms with Gasteiger partial charge in [-0.05, 0) is 42.5 Å². The van der Waals surface area contributed by atoms with Crippen LogP contribution in [0.25, 0.3) is 5.69 Å². The van der Waals surface area contributed by atoms with Crippen molar-refractivity contribution in [1.29, 1.82) is 0 Å². The average molecular weight is 303 g/mol. The van der Waals surface area contributed by atoms with Crippen molar-refractivity contribution in [2.75, 3.05) is 0 Å². The number of aromatic carboxylic acids is 1. The first-order chi connectivity index (χ1) is 11.1. The van der Waals surface area contributed by atoms with E-state index in [0.29, 0.717) is 16.8 Å². The first-order valence-corrected chi connectivity index (χ1v) is 6.96. The summed E-state index contributed by atoms with van der Waals surface area (Å²) in [4.78, 5) is 11.5. The summed E-state index contributed by atoms with van der Waals surface area (Å²) in [6, 6.07) is 15.3. The van der Waals surface area contributed by atoms with Crippen LogP contribution < -0.4 is 0 Å². The Balaban J connectivity index is 2.14. The zero-order valence-corrected chi connectivity index (χ0v) is 12.1. The number of phenolic OH excluding ortho intramolecular Hbond substituents is 1. The first-order valence-electron chi connectivity index (χ1n) is 6.96. The van der Waals surface area contributed by atoms with Crippen LogP contribution in [0.5, 0.6) is 5.75 Å². The molecule has 23 heavy (non-hydrogen) atoms. The summed E-state index contributed by atoms with van der Waals surface area (Å²) in [5.41, 5.74) is 1.97. The van der Waals surface area contributed by atoms with Crippen molar-refractivity contribution >= 4 is 5.97 Å². The Morgan fingerprint density at radius 3 is 2.39 bits per heavy atom. The number of carbonyl (C=O) groups is 1. The fraction of sp³-hybridized carbons (Fsp3) is 0. The molecule has 0 aliphatic rings. The van der Waals surface area contributed by atoms with Crippen molar-refractivity contribution in [3.05, 3.63) is 83.7 Å². The predicted octanol–water partition coefficient (Wildman–Crippen LogP) is 3.28. The molecule has 0 atom stereocenters. The Labute approximate surface area is 133 Å². The number of para-hydroxylation sites is 1. The molecule has 1 aromatic heterocycles. The van der Waals surface area contributed by atoms with E-state index in [2.05, 4.69) is 11.8 Å². The van der Waals surface area contributed by atoms with Crippen LogP contribution in [0, 0.1) is 11.8 Å². The van der Waals surface area contributed by atoms with E-state index >= 15 is 0 Å². The highest BCUT2D eigenvalue weighted by Crippen LogP contribution is 2.20. The van der Waals surface area contributed by atoms with Gasteiger partial charge in [0.2, 0.25) is 0 Å². The first kappa shape index (κ1) is 14.5. The second-order valence-electron chi connectivity index (χ2n) is 4.90. The number of carboxylic acid groups (broad SMARTS) is 1. The zero-order valence-electron chi connectivity index (χ0n) is 12.1. The molecule has 0 aliphatic carbocycles. The molecule has 0 unspecified atom stereocenters. The largest absolute Gasteiger partial charge is 0.508 e. The molecule has 0 saturated heterocycles. The molecule has 0 radical (unpaired) electrons. The molecule has 0 saturated carbocycles. The monoisotopic (exact) mass is 303 g/mol. The zero-order chi connectivity index (χ0) is 16.2. The molecular weight excluding hydrogens is 290 g/mol. The lowest BCUT2D eigenvalue weighted by Crippen LogP contribution is -2.06. The summed E-state index contributed by atoms with van der Waals surface area (Å²) in [7, 11) is 0. The van der Waals surface area contributed by atoms with Crippen molar-refractivity contribution in [2.45, 2.75) is 0 Å². The molecule has 4 heteroatoms. The number of carboxylic acids is 1. The number of nitrogens with zero attached hydrogens (tertiary/aromatic N) is 1. The normalized spacial score (nSPS) is 9.91. The lowest BCUT2D eigenvalue weighted by atomic mass is 10.1. The number of benzene rings is 2. The number of aromatic nitrogens is 1. The summed E-state index contributed by atoms with van der Waals surface area (Å²) in [5.74, 6) is 5.08. The number of rotatable bonds is 2. The van der Waals surface area contributed by atoms with Crippen LogP contribution in [0.4, 0.5) is 0 Å². The van der Waals surface area contributed by atoms with Gasteiger partial charge in [-0.3, -0.25) is 0 Å². The summed E-state index contributed by atoms with van der Waals surface area (Å²) in [6.07, 6.45) is 3.56. The quantitative estimate of drug-likeness (QED) is 0.714. The molecule has 3 rings (SSSR count). The van der Waals surface area contributed by atoms with Crippen LogP contribution in [-0.2, 0) is 0 Å². The van der Waals surface area contributed by atoms with E-state index in [-0.39, 0.29) is 11.3 Å². The fourth-order valence-corrected chi connectivity index (χ4v) is 2.30. The summed E-state index contributed by atoms with van der Waals surface area (Å²) >= 11 is 0. The van der Waals surface area contributed by atoms with Gasteiger partial charge in [0.15, 0.2) is 0 Å². The number of hydrogen-bond acceptors (Lipinski definition) is 2. The summed E-state index contributed by atoms with van der Waals surface area (Å²) < 4.78 is 1.73. The van der Waals surface area contributed by atoms with E-state index < -0.39 is 5.97 Å². The third-order valence-corrected chi connectivity index (χ3v) is 3.32. The van der Waals surface area contributed by atoms with E-state index in [1.54, 1.807) is 59.4 Å². The van der Waals surface area contributed by atoms with Gasteiger partial charge < -0.3 is 14.8 Å². The molecule has 0 aliphatic heterocycles. The highest BCUT2D eigenvalue weighted by Gasteiger charge is 2.14. The van der Waals surface area contributed by atoms with Gasteiger partial charge in [-0.15, -0.1) is 0 Å². The molecule has 0 amide bonds. The van der Waals surface area contributed by atoms with Gasteiger partial charge in [0.05, 0.1) is 11.3 Å². The maximum atomic E-state index is 11.5. The third-order valence-electron chi connectivity index (χ3n) is 3.32. The summed E-state index contributed by atoms with van der Waals surface area (Å²) in [5, 5.41) is 18.9. The van der Waals surface area contributed by atoms with Gasteiger partial charge in [0.25, 0.3) is 0 Å². The van der Waals surface area contributed by atoms with Gasteiger partial charge in [-0.1, -0.05) is 24.0 Å². The van der Waals surface area contributed by atoms with Crippen LogP contribution in [0.1, 0.15) is 21.5 Å². The van der Waals surface area contributed by atoms with Crippen molar-refractivity contribution in [3.8, 4) is 23.3 Å². The van der Waals surface area contributed by atoms with Crippen molar-refractivity contribution < 1.29 is 15.0 Å². The van der Waals surface area contributed by atoms with Crippen LogP contribution in [0.3, 0.4) is 0 Å². The van der Waals surface area contributed by atoms with Crippen molar-refractivity contribution in [3.63, 3.8) is 0 Å². The molecule has 0 fully saturated rings. The molecule has 0 spiro atoms. The van der Waals surface area contributed by atoms with Crippen LogP contribution >= 0.6 is 0 Å². The fourth-order valence-electron chi connectivity index (χ4n) is 2.30. The van der Waals surface area contributed by atoms with Crippen LogP contribution in [0.2, 0.25) is 0 Å². The topological polar surface area (TPSA) is 62.5 Å². The SMILES string of the molecule is O=C(O)c1cccc(C#Cc2cccc(O)c2)c1-n1cccc1. The molecule has 1 heterocycles. The van der Waals surface area contributed by atoms with Gasteiger partial charge in [0.1, 0.15) is 5.75 Å². The van der Waals surface area contributed by atoms with Crippen LogP contribution in [-0.4, -0.2) is 20.7 Å². The average Bonchev–Trinajstić information content (AvgIpc) is 3.06. The Kier molecular flexibility index (Phi) is 3.86. The highest BCUT2D eigenvalue weighted by molar-refractivity contribution is 5.93. The molecule has 0 bridgehead atoms. The standard InChI is InChI=1S/C19H13NO3/c21-16-7-3-5-14(13-16)9-10-15-6-4-8-17(19(22)23)18(15)20-11-1-2-12-20/h1-8,11-13,21H,(H,22,23). The highest BCUT2D eigenvalue weighted by atomic mass is 16.4. The lowest BCUT2D eigenvalue weighted by Gasteiger charge is -2.10. The second kappa shape index (κ2) is 6.12. The smallest absolute Gasteiger partial charge is 0.337 e. The molecule has 3 aromatic rings. The minimum Gasteiger partial charge on any atom is -0.508 e. The minimum absolute atomic E-state index is 0.140. The Morgan fingerprint density at radius 2 is 1.70 bits per heavy atom. The van der Waals surface area contributed by atoms with Gasteiger partial charge in [-0.25, -0.2) is 4.79 Å². The van der Waals surface area contributed by atoms with E-state index in [1.165, 1.54) is 0 Å². The molecular formula is C19H13NO3. The lowest BCUT2D eigenvalue weighted by molar-refractivity contribution is 0.0697. The van der Waals surface area contributed by atoms with E-state index in [4.69, 9.17) is 0 Å². The number of phenols is 1. The molecule has 2 N–H and O–H groups in total. The van der Waals surface area contributed by atoms with E-state index in [0.717, 1.165) is 0 Å². The Bertz CT molecular complexity index is 915. The van der Waals surface area contributed by atoms with E-state index in [9.17, 15) is 15.0 Å². The van der Waals surface area contributed by atoms with Crippen molar-refractivity contribution in [1.82, 2.24) is 4.57 Å².